The summed E-state index contributed by atoms with van der Waals surface area (Å²) in [5.74, 6) is -0.608. The van der Waals surface area contributed by atoms with E-state index < -0.39 is 16.0 Å². The van der Waals surface area contributed by atoms with Crippen molar-refractivity contribution in [1.82, 2.24) is 18.5 Å². The molecular weight excluding hydrogens is 348 g/mol. The van der Waals surface area contributed by atoms with Crippen LogP contribution in [0.4, 0.5) is 0 Å². The third-order valence-corrected chi connectivity index (χ3v) is 6.16. The maximum atomic E-state index is 12.5. The molecule has 1 N–H and O–H groups in total. The van der Waals surface area contributed by atoms with Crippen molar-refractivity contribution in [3.8, 4) is 0 Å². The molecule has 3 rings (SSSR count). The van der Waals surface area contributed by atoms with Gasteiger partial charge in [-0.25, -0.2) is 4.79 Å². The van der Waals surface area contributed by atoms with Crippen molar-refractivity contribution in [3.63, 3.8) is 0 Å². The Morgan fingerprint density at radius 1 is 1.24 bits per heavy atom. The second-order valence-corrected chi connectivity index (χ2v) is 8.23. The predicted octanol–water partition coefficient (Wildman–Crippen LogP) is -0.386. The number of H-pyrrole nitrogens is 1. The van der Waals surface area contributed by atoms with Crippen LogP contribution in [0.25, 0.3) is 11.1 Å². The van der Waals surface area contributed by atoms with Gasteiger partial charge in [0.15, 0.2) is 5.58 Å². The first-order chi connectivity index (χ1) is 11.8. The van der Waals surface area contributed by atoms with E-state index in [0.717, 1.165) is 5.56 Å². The number of oxazole rings is 1. The van der Waals surface area contributed by atoms with Crippen LogP contribution in [0, 0.1) is 0 Å². The highest BCUT2D eigenvalue weighted by Gasteiger charge is 2.30. The van der Waals surface area contributed by atoms with E-state index in [-0.39, 0.29) is 25.4 Å². The summed E-state index contributed by atoms with van der Waals surface area (Å²) in [6.45, 7) is 1.27. The minimum atomic E-state index is -3.45. The van der Waals surface area contributed by atoms with Crippen molar-refractivity contribution in [2.75, 3.05) is 40.3 Å². The molecule has 0 aliphatic carbocycles. The van der Waals surface area contributed by atoms with Crippen LogP contribution in [-0.4, -0.2) is 73.1 Å². The van der Waals surface area contributed by atoms with Gasteiger partial charge in [0.05, 0.1) is 11.9 Å². The van der Waals surface area contributed by atoms with Gasteiger partial charge in [-0.1, -0.05) is 6.07 Å². The van der Waals surface area contributed by atoms with E-state index in [1.807, 2.05) is 0 Å². The number of carbonyl (C=O) groups is 1. The highest BCUT2D eigenvalue weighted by atomic mass is 32.2. The van der Waals surface area contributed by atoms with E-state index in [4.69, 9.17) is 4.42 Å². The Labute approximate surface area is 145 Å². The smallest absolute Gasteiger partial charge is 0.408 e. The number of nitrogens with zero attached hydrogens (tertiary/aromatic N) is 3. The van der Waals surface area contributed by atoms with Crippen LogP contribution >= 0.6 is 0 Å². The SMILES string of the molecule is CN(C)S(=O)(=O)N1CCN(C(=O)Cc2ccc3oc(=O)[nH]c3c2)CC1. The lowest BCUT2D eigenvalue weighted by molar-refractivity contribution is -0.131. The summed E-state index contributed by atoms with van der Waals surface area (Å²) in [6.07, 6.45) is 0.184. The molecule has 1 aliphatic heterocycles. The molecule has 0 radical (unpaired) electrons. The molecular formula is C15H20N4O5S. The first-order valence-corrected chi connectivity index (χ1v) is 9.24. The molecule has 0 saturated carbocycles. The van der Waals surface area contributed by atoms with Crippen LogP contribution in [0.15, 0.2) is 27.4 Å². The van der Waals surface area contributed by atoms with Gasteiger partial charge in [0, 0.05) is 40.3 Å². The van der Waals surface area contributed by atoms with Gasteiger partial charge in [0.2, 0.25) is 5.91 Å². The Bertz CT molecular complexity index is 938. The van der Waals surface area contributed by atoms with Gasteiger partial charge in [-0.15, -0.1) is 0 Å². The number of rotatable bonds is 4. The van der Waals surface area contributed by atoms with Gasteiger partial charge in [-0.05, 0) is 17.7 Å². The van der Waals surface area contributed by atoms with Crippen molar-refractivity contribution in [3.05, 3.63) is 34.3 Å². The quantitative estimate of drug-likeness (QED) is 0.791. The van der Waals surface area contributed by atoms with Crippen molar-refractivity contribution in [2.24, 2.45) is 0 Å². The fourth-order valence-corrected chi connectivity index (χ4v) is 3.88. The number of nitrogens with one attached hydrogen (secondary N) is 1. The standard InChI is InChI=1S/C15H20N4O5S/c1-17(2)25(22,23)19-7-5-18(6-8-19)14(20)10-11-3-4-13-12(9-11)16-15(21)24-13/h3-4,9H,5-8,10H2,1-2H3,(H,16,21). The molecule has 1 amide bonds. The maximum absolute atomic E-state index is 12.5. The lowest BCUT2D eigenvalue weighted by Gasteiger charge is -2.35. The molecule has 2 heterocycles. The molecule has 1 fully saturated rings. The van der Waals surface area contributed by atoms with Crippen LogP contribution in [0.5, 0.6) is 0 Å². The van der Waals surface area contributed by atoms with Crippen molar-refractivity contribution >= 4 is 27.2 Å². The van der Waals surface area contributed by atoms with Crippen LogP contribution in [0.2, 0.25) is 0 Å². The van der Waals surface area contributed by atoms with E-state index in [0.29, 0.717) is 24.2 Å². The van der Waals surface area contributed by atoms with Gasteiger partial charge in [-0.2, -0.15) is 17.0 Å². The number of fused-ring (bicyclic) bond motifs is 1. The number of piperazine rings is 1. The highest BCUT2D eigenvalue weighted by molar-refractivity contribution is 7.86. The maximum Gasteiger partial charge on any atom is 0.417 e. The molecule has 0 unspecified atom stereocenters. The fourth-order valence-electron chi connectivity index (χ4n) is 2.79. The first kappa shape index (κ1) is 17.6. The molecule has 0 spiro atoms. The van der Waals surface area contributed by atoms with Gasteiger partial charge < -0.3 is 9.32 Å². The molecule has 9 nitrogen and oxygen atoms in total. The summed E-state index contributed by atoms with van der Waals surface area (Å²) in [4.78, 5) is 27.8. The summed E-state index contributed by atoms with van der Waals surface area (Å²) in [5, 5.41) is 0. The predicted molar refractivity (Wildman–Crippen MR) is 91.3 cm³/mol. The molecule has 25 heavy (non-hydrogen) atoms. The Morgan fingerprint density at radius 2 is 1.92 bits per heavy atom. The second-order valence-electron chi connectivity index (χ2n) is 6.09. The van der Waals surface area contributed by atoms with E-state index in [1.54, 1.807) is 23.1 Å². The molecule has 0 atom stereocenters. The number of benzene rings is 1. The van der Waals surface area contributed by atoms with Crippen molar-refractivity contribution in [2.45, 2.75) is 6.42 Å². The van der Waals surface area contributed by atoms with Crippen LogP contribution in [-0.2, 0) is 21.4 Å². The third-order valence-electron chi connectivity index (χ3n) is 4.22. The Kier molecular flexibility index (Phi) is 4.67. The summed E-state index contributed by atoms with van der Waals surface area (Å²) in [7, 11) is -0.467. The molecule has 0 bridgehead atoms. The zero-order valence-corrected chi connectivity index (χ0v) is 14.9. The zero-order chi connectivity index (χ0) is 18.2. The summed E-state index contributed by atoms with van der Waals surface area (Å²) in [6, 6.07) is 5.10. The zero-order valence-electron chi connectivity index (χ0n) is 14.1. The summed E-state index contributed by atoms with van der Waals surface area (Å²) < 4.78 is 31.7. The van der Waals surface area contributed by atoms with Crippen LogP contribution in [0.3, 0.4) is 0 Å². The van der Waals surface area contributed by atoms with Crippen molar-refractivity contribution in [1.29, 1.82) is 0 Å². The molecule has 1 aromatic carbocycles. The first-order valence-electron chi connectivity index (χ1n) is 7.84. The van der Waals surface area contributed by atoms with Gasteiger partial charge in [-0.3, -0.25) is 9.78 Å². The molecule has 10 heteroatoms. The Morgan fingerprint density at radius 3 is 2.56 bits per heavy atom. The van der Waals surface area contributed by atoms with Crippen LogP contribution < -0.4 is 5.76 Å². The molecule has 2 aromatic rings. The monoisotopic (exact) mass is 368 g/mol. The largest absolute Gasteiger partial charge is 0.417 e. The van der Waals surface area contributed by atoms with E-state index in [2.05, 4.69) is 4.98 Å². The third kappa shape index (κ3) is 3.60. The normalized spacial score (nSPS) is 16.7. The van der Waals surface area contributed by atoms with Gasteiger partial charge in [0.1, 0.15) is 0 Å². The summed E-state index contributed by atoms with van der Waals surface area (Å²) >= 11 is 0. The number of hydrogen-bond donors (Lipinski definition) is 1. The topological polar surface area (TPSA) is 107 Å². The fraction of sp³-hybridized carbons (Fsp3) is 0.467. The average Bonchev–Trinajstić information content (AvgIpc) is 2.94. The molecule has 1 aliphatic rings. The lowest BCUT2D eigenvalue weighted by Crippen LogP contribution is -2.53. The molecule has 136 valence electrons. The van der Waals surface area contributed by atoms with E-state index >= 15 is 0 Å². The number of amides is 1. The van der Waals surface area contributed by atoms with E-state index in [1.165, 1.54) is 22.7 Å². The van der Waals surface area contributed by atoms with Gasteiger partial charge in [0.25, 0.3) is 10.2 Å². The molecule has 1 aromatic heterocycles. The van der Waals surface area contributed by atoms with Crippen LogP contribution in [0.1, 0.15) is 5.56 Å². The number of aromatic nitrogens is 1. The number of aromatic amines is 1. The van der Waals surface area contributed by atoms with Gasteiger partial charge >= 0.3 is 5.76 Å². The molecule has 1 saturated heterocycles. The van der Waals surface area contributed by atoms with E-state index in [9.17, 15) is 18.0 Å². The Hall–Kier alpha value is -2.17. The Balaban J connectivity index is 1.63. The lowest BCUT2D eigenvalue weighted by atomic mass is 10.1. The second kappa shape index (κ2) is 6.62. The average molecular weight is 368 g/mol. The minimum absolute atomic E-state index is 0.0768. The number of hydrogen-bond acceptors (Lipinski definition) is 5. The minimum Gasteiger partial charge on any atom is -0.408 e. The summed E-state index contributed by atoms with van der Waals surface area (Å²) in [5.41, 5.74) is 1.76. The number of carbonyl (C=O) groups excluding carboxylic acids is 1. The highest BCUT2D eigenvalue weighted by Crippen LogP contribution is 2.15. The van der Waals surface area contributed by atoms with Crippen molar-refractivity contribution < 1.29 is 17.6 Å².